The van der Waals surface area contributed by atoms with E-state index in [1.165, 1.54) is 19.3 Å². The highest BCUT2D eigenvalue weighted by Crippen LogP contribution is 2.13. The molecule has 6 atom stereocenters. The number of carbonyl (C=O) groups excluding carboxylic acids is 1. The van der Waals surface area contributed by atoms with Gasteiger partial charge >= 0.3 is 5.97 Å². The molecule has 0 aromatic heterocycles. The van der Waals surface area contributed by atoms with Gasteiger partial charge in [-0.3, -0.25) is 0 Å². The minimum absolute atomic E-state index is 0.154. The lowest BCUT2D eigenvalue weighted by atomic mass is 10.0. The first-order valence-electron chi connectivity index (χ1n) is 11.1. The minimum Gasteiger partial charge on any atom is -0.460 e. The summed E-state index contributed by atoms with van der Waals surface area (Å²) in [5, 5.41) is 40.5. The fourth-order valence-electron chi connectivity index (χ4n) is 3.15. The molecule has 0 unspecified atom stereocenters. The third-order valence-electron chi connectivity index (χ3n) is 4.96. The largest absolute Gasteiger partial charge is 0.460 e. The predicted molar refractivity (Wildman–Crippen MR) is 124 cm³/mol. The van der Waals surface area contributed by atoms with E-state index in [4.69, 9.17) is 9.47 Å². The Hall–Kier alpha value is -2.03. The summed E-state index contributed by atoms with van der Waals surface area (Å²) in [6, 6.07) is 0. The van der Waals surface area contributed by atoms with E-state index >= 15 is 0 Å². The van der Waals surface area contributed by atoms with Crippen molar-refractivity contribution in [2.75, 3.05) is 7.11 Å². The van der Waals surface area contributed by atoms with Crippen molar-refractivity contribution >= 4 is 5.97 Å². The van der Waals surface area contributed by atoms with Crippen molar-refractivity contribution in [2.24, 2.45) is 0 Å². The number of aliphatic hydroxyl groups excluding tert-OH is 4. The van der Waals surface area contributed by atoms with Gasteiger partial charge in [0.1, 0.15) is 6.10 Å². The lowest BCUT2D eigenvalue weighted by Crippen LogP contribution is -2.27. The van der Waals surface area contributed by atoms with Crippen LogP contribution in [0.25, 0.3) is 0 Å². The number of hydrogen-bond donors (Lipinski definition) is 4. The maximum Gasteiger partial charge on any atom is 0.331 e. The number of carbonyl (C=O) groups is 1. The van der Waals surface area contributed by atoms with Gasteiger partial charge in [-0.1, -0.05) is 54.7 Å². The van der Waals surface area contributed by atoms with Crippen LogP contribution in [0.15, 0.2) is 60.8 Å². The van der Waals surface area contributed by atoms with Crippen LogP contribution in [0.1, 0.15) is 45.4 Å². The zero-order chi connectivity index (χ0) is 23.8. The molecule has 0 saturated heterocycles. The van der Waals surface area contributed by atoms with Crippen molar-refractivity contribution in [3.8, 4) is 0 Å². The molecule has 7 heteroatoms. The zero-order valence-electron chi connectivity index (χ0n) is 19.0. The van der Waals surface area contributed by atoms with Gasteiger partial charge in [0.05, 0.1) is 30.5 Å². The summed E-state index contributed by atoms with van der Waals surface area (Å²) in [6.07, 6.45) is 14.9. The zero-order valence-corrected chi connectivity index (χ0v) is 19.0. The smallest absolute Gasteiger partial charge is 0.331 e. The molecule has 1 rings (SSSR count). The van der Waals surface area contributed by atoms with Gasteiger partial charge in [-0.15, -0.1) is 0 Å². The quantitative estimate of drug-likeness (QED) is 0.358. The number of rotatable bonds is 1. The second-order valence-corrected chi connectivity index (χ2v) is 7.93. The lowest BCUT2D eigenvalue weighted by molar-refractivity contribution is -0.142. The molecule has 0 saturated carbocycles. The summed E-state index contributed by atoms with van der Waals surface area (Å²) in [6.45, 7) is 1.80. The van der Waals surface area contributed by atoms with Gasteiger partial charge in [-0.25, -0.2) is 4.79 Å². The molecule has 0 radical (unpaired) electrons. The van der Waals surface area contributed by atoms with E-state index in [1.807, 2.05) is 0 Å². The van der Waals surface area contributed by atoms with Crippen LogP contribution < -0.4 is 0 Å². The van der Waals surface area contributed by atoms with Crippen molar-refractivity contribution in [1.82, 2.24) is 0 Å². The monoisotopic (exact) mass is 450 g/mol. The summed E-state index contributed by atoms with van der Waals surface area (Å²) in [4.78, 5) is 11.9. The van der Waals surface area contributed by atoms with Gasteiger partial charge in [0, 0.05) is 19.6 Å². The molecule has 180 valence electrons. The number of esters is 1. The molecule has 1 heterocycles. The molecule has 32 heavy (non-hydrogen) atoms. The van der Waals surface area contributed by atoms with Crippen LogP contribution in [0.5, 0.6) is 0 Å². The van der Waals surface area contributed by atoms with Crippen LogP contribution in [0.4, 0.5) is 0 Å². The molecule has 0 fully saturated rings. The molecule has 0 aromatic rings. The molecular weight excluding hydrogens is 412 g/mol. The van der Waals surface area contributed by atoms with Crippen LogP contribution in [-0.4, -0.2) is 70.1 Å². The Bertz CT molecular complexity index is 665. The molecule has 1 aliphatic rings. The van der Waals surface area contributed by atoms with Gasteiger partial charge in [0.2, 0.25) is 0 Å². The molecular formula is C25H38O7. The summed E-state index contributed by atoms with van der Waals surface area (Å²) < 4.78 is 10.6. The normalized spacial score (nSPS) is 37.4. The minimum atomic E-state index is -0.870. The molecule has 4 N–H and O–H groups in total. The predicted octanol–water partition coefficient (Wildman–Crippen LogP) is 2.51. The number of cyclic esters (lactones) is 1. The van der Waals surface area contributed by atoms with Crippen LogP contribution in [0, 0.1) is 0 Å². The van der Waals surface area contributed by atoms with Crippen molar-refractivity contribution in [2.45, 2.75) is 82.1 Å². The van der Waals surface area contributed by atoms with Gasteiger partial charge in [-0.2, -0.15) is 0 Å². The van der Waals surface area contributed by atoms with E-state index in [9.17, 15) is 25.2 Å². The summed E-state index contributed by atoms with van der Waals surface area (Å²) >= 11 is 0. The fraction of sp³-hybridized carbons (Fsp3) is 0.560. The van der Waals surface area contributed by atoms with Crippen LogP contribution >= 0.6 is 0 Å². The Morgan fingerprint density at radius 1 is 0.906 bits per heavy atom. The first-order chi connectivity index (χ1) is 15.3. The first kappa shape index (κ1) is 28.0. The number of methoxy groups -OCH3 is 1. The Balaban J connectivity index is 2.79. The average molecular weight is 451 g/mol. The summed E-state index contributed by atoms with van der Waals surface area (Å²) in [5.41, 5.74) is 0. The van der Waals surface area contributed by atoms with Gasteiger partial charge in [0.25, 0.3) is 0 Å². The second kappa shape index (κ2) is 16.6. The molecule has 7 nitrogen and oxygen atoms in total. The number of allylic oxidation sites excluding steroid dienone is 4. The molecule has 0 aromatic carbocycles. The Morgan fingerprint density at radius 3 is 2.38 bits per heavy atom. The molecule has 0 spiro atoms. The number of hydrogen-bond acceptors (Lipinski definition) is 7. The van der Waals surface area contributed by atoms with E-state index in [2.05, 4.69) is 0 Å². The topological polar surface area (TPSA) is 116 Å². The standard InChI is InChI=1S/C25H38O7/c1-19-10-9-14-23(29)24(31-2)17-16-22(28)18-21(27)13-7-3-5-11-20(26)12-6-4-8-15-25(30)32-19/h3-8,11,15-17,19-24,26-29H,9-10,12-14,18H2,1-2H3/b6-4+,7-3-,11-5+,15-8-,17-16+/t19-,20-,21+,22+,23+,24-/m1/s1. The van der Waals surface area contributed by atoms with Crippen LogP contribution in [0.2, 0.25) is 0 Å². The lowest BCUT2D eigenvalue weighted by Gasteiger charge is -2.20. The number of aliphatic hydroxyl groups is 4. The summed E-state index contributed by atoms with van der Waals surface area (Å²) in [7, 11) is 1.48. The Labute approximate surface area is 191 Å². The highest BCUT2D eigenvalue weighted by atomic mass is 16.5. The van der Waals surface area contributed by atoms with E-state index in [0.717, 1.165) is 0 Å². The fourth-order valence-corrected chi connectivity index (χ4v) is 3.15. The van der Waals surface area contributed by atoms with Gasteiger partial charge in [-0.05, 0) is 39.0 Å². The Morgan fingerprint density at radius 2 is 1.62 bits per heavy atom. The summed E-state index contributed by atoms with van der Waals surface area (Å²) in [5.74, 6) is -0.448. The second-order valence-electron chi connectivity index (χ2n) is 7.93. The first-order valence-corrected chi connectivity index (χ1v) is 11.1. The molecule has 0 bridgehead atoms. The molecule has 1 aliphatic heterocycles. The van der Waals surface area contributed by atoms with E-state index in [0.29, 0.717) is 32.1 Å². The van der Waals surface area contributed by atoms with Gasteiger partial charge < -0.3 is 29.9 Å². The third kappa shape index (κ3) is 13.4. The van der Waals surface area contributed by atoms with E-state index in [1.54, 1.807) is 55.5 Å². The maximum absolute atomic E-state index is 11.9. The van der Waals surface area contributed by atoms with Crippen molar-refractivity contribution in [1.29, 1.82) is 0 Å². The molecule has 0 amide bonds. The van der Waals surface area contributed by atoms with Crippen molar-refractivity contribution in [3.63, 3.8) is 0 Å². The van der Waals surface area contributed by atoms with Crippen LogP contribution in [-0.2, 0) is 14.3 Å². The number of ether oxygens (including phenoxy) is 2. The highest BCUT2D eigenvalue weighted by Gasteiger charge is 2.17. The van der Waals surface area contributed by atoms with Crippen LogP contribution in [0.3, 0.4) is 0 Å². The third-order valence-corrected chi connectivity index (χ3v) is 4.96. The van der Waals surface area contributed by atoms with Crippen molar-refractivity contribution < 1.29 is 34.7 Å². The highest BCUT2D eigenvalue weighted by molar-refractivity contribution is 5.82. The Kier molecular flexibility index (Phi) is 14.5. The molecule has 0 aliphatic carbocycles. The van der Waals surface area contributed by atoms with Gasteiger partial charge in [0.15, 0.2) is 0 Å². The van der Waals surface area contributed by atoms with Crippen molar-refractivity contribution in [3.05, 3.63) is 60.8 Å². The average Bonchev–Trinajstić information content (AvgIpc) is 2.72. The van der Waals surface area contributed by atoms with E-state index < -0.39 is 36.5 Å². The maximum atomic E-state index is 11.9. The SMILES string of the molecule is CO[C@@H]1/C=C/[C@H](O)C[C@@H](O)C/C=C\C=C\[C@@H](O)C/C=C/C=C\C(=O)O[C@H](C)CCC[C@@H]1O. The van der Waals surface area contributed by atoms with E-state index in [-0.39, 0.29) is 12.5 Å².